The van der Waals surface area contributed by atoms with Crippen molar-refractivity contribution in [3.05, 3.63) is 105 Å². The highest BCUT2D eigenvalue weighted by atomic mass is 79.9. The summed E-state index contributed by atoms with van der Waals surface area (Å²) in [4.78, 5) is 15.4. The highest BCUT2D eigenvalue weighted by molar-refractivity contribution is 9.10. The van der Waals surface area contributed by atoms with Crippen LogP contribution >= 0.6 is 39.9 Å². The van der Waals surface area contributed by atoms with Gasteiger partial charge in [0.15, 0.2) is 15.8 Å². The first-order valence-electron chi connectivity index (χ1n) is 11.5. The van der Waals surface area contributed by atoms with E-state index in [0.29, 0.717) is 40.4 Å². The molecule has 1 aliphatic rings. The van der Waals surface area contributed by atoms with Crippen LogP contribution in [0.5, 0.6) is 11.5 Å². The van der Waals surface area contributed by atoms with Crippen LogP contribution in [0.15, 0.2) is 82.7 Å². The predicted molar refractivity (Wildman–Crippen MR) is 157 cm³/mol. The average molecular weight is 581 g/mol. The lowest BCUT2D eigenvalue weighted by Gasteiger charge is -2.17. The van der Waals surface area contributed by atoms with Gasteiger partial charge in [0.2, 0.25) is 0 Å². The monoisotopic (exact) mass is 579 g/mol. The Hall–Kier alpha value is -2.87. The fourth-order valence-electron chi connectivity index (χ4n) is 3.85. The number of anilines is 1. The molecule has 1 saturated heterocycles. The summed E-state index contributed by atoms with van der Waals surface area (Å²) in [5.41, 5.74) is 4.68. The Morgan fingerprint density at radius 2 is 1.89 bits per heavy atom. The number of nitrogens with zero attached hydrogens (tertiary/aromatic N) is 1. The van der Waals surface area contributed by atoms with Gasteiger partial charge in [-0.3, -0.25) is 9.69 Å². The van der Waals surface area contributed by atoms with Crippen molar-refractivity contribution in [2.24, 2.45) is 0 Å². The van der Waals surface area contributed by atoms with Gasteiger partial charge in [0.1, 0.15) is 6.61 Å². The molecule has 3 aromatic rings. The fourth-order valence-corrected chi connectivity index (χ4v) is 5.41. The number of carbonyl (C=O) groups is 1. The van der Waals surface area contributed by atoms with Gasteiger partial charge < -0.3 is 9.47 Å². The molecule has 0 aliphatic carbocycles. The van der Waals surface area contributed by atoms with Crippen LogP contribution < -0.4 is 14.4 Å². The Morgan fingerprint density at radius 1 is 1.11 bits per heavy atom. The van der Waals surface area contributed by atoms with E-state index >= 15 is 0 Å². The van der Waals surface area contributed by atoms with E-state index in [4.69, 9.17) is 21.7 Å². The molecule has 0 bridgehead atoms. The Balaban J connectivity index is 1.66. The molecule has 1 fully saturated rings. The molecule has 1 aliphatic heterocycles. The van der Waals surface area contributed by atoms with Gasteiger partial charge in [0.25, 0.3) is 5.91 Å². The summed E-state index contributed by atoms with van der Waals surface area (Å²) in [5, 5.41) is 0. The summed E-state index contributed by atoms with van der Waals surface area (Å²) in [5.74, 6) is 1.19. The van der Waals surface area contributed by atoms with Crippen LogP contribution in [0.3, 0.4) is 0 Å². The second-order valence-electron chi connectivity index (χ2n) is 8.20. The quantitative estimate of drug-likeness (QED) is 0.146. The summed E-state index contributed by atoms with van der Waals surface area (Å²) in [6, 6.07) is 19.7. The van der Waals surface area contributed by atoms with Gasteiger partial charge >= 0.3 is 0 Å². The minimum Gasteiger partial charge on any atom is -0.490 e. The third-order valence-corrected chi connectivity index (χ3v) is 7.30. The Bertz CT molecular complexity index is 1330. The van der Waals surface area contributed by atoms with Crippen molar-refractivity contribution >= 4 is 61.9 Å². The maximum Gasteiger partial charge on any atom is 0.270 e. The van der Waals surface area contributed by atoms with Crippen molar-refractivity contribution in [1.82, 2.24) is 0 Å². The minimum absolute atomic E-state index is 0.130. The molecule has 1 amide bonds. The topological polar surface area (TPSA) is 38.8 Å². The lowest BCUT2D eigenvalue weighted by molar-refractivity contribution is -0.113. The zero-order chi connectivity index (χ0) is 25.7. The summed E-state index contributed by atoms with van der Waals surface area (Å²) < 4.78 is 13.7. The summed E-state index contributed by atoms with van der Waals surface area (Å²) >= 11 is 10.3. The van der Waals surface area contributed by atoms with Crippen LogP contribution in [-0.2, 0) is 17.8 Å². The van der Waals surface area contributed by atoms with Gasteiger partial charge in [-0.1, -0.05) is 70.3 Å². The molecule has 0 saturated carbocycles. The molecule has 0 aromatic heterocycles. The molecule has 4 rings (SSSR count). The number of aryl methyl sites for hydroxylation is 1. The van der Waals surface area contributed by atoms with Crippen LogP contribution in [0.25, 0.3) is 6.08 Å². The fraction of sp³-hybridized carbons (Fsp3) is 0.172. The standard InChI is InChI=1S/C29H26BrNO3S2/c1-4-7-22-15-21(16-25(33-5-2)27(22)34-18-20-10-12-23(30)13-11-20)17-26-28(32)31(29(35)36-26)24-9-6-8-19(3)14-24/h4,6,8-17H,1,5,7,18H2,2-3H3/b26-17+. The molecule has 1 heterocycles. The third-order valence-electron chi connectivity index (χ3n) is 5.47. The van der Waals surface area contributed by atoms with Gasteiger partial charge in [-0.05, 0) is 79.4 Å². The van der Waals surface area contributed by atoms with Gasteiger partial charge in [-0.25, -0.2) is 0 Å². The maximum atomic E-state index is 13.3. The number of benzene rings is 3. The molecule has 0 N–H and O–H groups in total. The number of hydrogen-bond donors (Lipinski definition) is 0. The molecular formula is C29H26BrNO3S2. The van der Waals surface area contributed by atoms with E-state index in [-0.39, 0.29) is 5.91 Å². The van der Waals surface area contributed by atoms with E-state index < -0.39 is 0 Å². The van der Waals surface area contributed by atoms with Crippen molar-refractivity contribution in [2.75, 3.05) is 11.5 Å². The van der Waals surface area contributed by atoms with Gasteiger partial charge in [-0.15, -0.1) is 6.58 Å². The van der Waals surface area contributed by atoms with E-state index in [0.717, 1.165) is 32.4 Å². The lowest BCUT2D eigenvalue weighted by Crippen LogP contribution is -2.27. The van der Waals surface area contributed by atoms with E-state index in [1.165, 1.54) is 11.8 Å². The normalized spacial score (nSPS) is 14.4. The number of amides is 1. The van der Waals surface area contributed by atoms with Crippen LogP contribution in [0.2, 0.25) is 0 Å². The second-order valence-corrected chi connectivity index (χ2v) is 10.8. The number of allylic oxidation sites excluding steroid dienone is 1. The zero-order valence-corrected chi connectivity index (χ0v) is 23.3. The first-order valence-corrected chi connectivity index (χ1v) is 13.5. The first kappa shape index (κ1) is 26.2. The smallest absolute Gasteiger partial charge is 0.270 e. The number of ether oxygens (including phenoxy) is 2. The van der Waals surface area contributed by atoms with E-state index in [2.05, 4.69) is 22.5 Å². The van der Waals surface area contributed by atoms with E-state index in [9.17, 15) is 4.79 Å². The summed E-state index contributed by atoms with van der Waals surface area (Å²) in [7, 11) is 0. The second kappa shape index (κ2) is 11.9. The van der Waals surface area contributed by atoms with Gasteiger partial charge in [0.05, 0.1) is 17.2 Å². The number of rotatable bonds is 9. The number of halogens is 1. The van der Waals surface area contributed by atoms with Crippen LogP contribution in [0.1, 0.15) is 29.2 Å². The number of hydrogen-bond acceptors (Lipinski definition) is 5. The van der Waals surface area contributed by atoms with Crippen molar-refractivity contribution in [2.45, 2.75) is 26.9 Å². The predicted octanol–water partition coefficient (Wildman–Crippen LogP) is 7.87. The van der Waals surface area contributed by atoms with Crippen molar-refractivity contribution in [3.8, 4) is 11.5 Å². The number of thiocarbonyl (C=S) groups is 1. The lowest BCUT2D eigenvalue weighted by atomic mass is 10.0. The molecular weight excluding hydrogens is 554 g/mol. The Labute approximate surface area is 230 Å². The van der Waals surface area contributed by atoms with E-state index in [1.54, 1.807) is 4.90 Å². The van der Waals surface area contributed by atoms with E-state index in [1.807, 2.05) is 86.7 Å². The number of thioether (sulfide) groups is 1. The van der Waals surface area contributed by atoms with Gasteiger partial charge in [-0.2, -0.15) is 0 Å². The Kier molecular flexibility index (Phi) is 8.67. The molecule has 36 heavy (non-hydrogen) atoms. The average Bonchev–Trinajstić information content (AvgIpc) is 3.12. The molecule has 0 unspecified atom stereocenters. The summed E-state index contributed by atoms with van der Waals surface area (Å²) in [6.45, 7) is 8.73. The SMILES string of the molecule is C=CCc1cc(/C=C2/SC(=S)N(c3cccc(C)c3)C2=O)cc(OCC)c1OCc1ccc(Br)cc1. The van der Waals surface area contributed by atoms with Crippen LogP contribution in [0, 0.1) is 6.92 Å². The van der Waals surface area contributed by atoms with Crippen molar-refractivity contribution in [3.63, 3.8) is 0 Å². The summed E-state index contributed by atoms with van der Waals surface area (Å²) in [6.07, 6.45) is 4.29. The molecule has 4 nitrogen and oxygen atoms in total. The van der Waals surface area contributed by atoms with Crippen LogP contribution in [-0.4, -0.2) is 16.8 Å². The Morgan fingerprint density at radius 3 is 2.58 bits per heavy atom. The van der Waals surface area contributed by atoms with Crippen LogP contribution in [0.4, 0.5) is 5.69 Å². The van der Waals surface area contributed by atoms with Gasteiger partial charge in [0, 0.05) is 10.0 Å². The molecule has 7 heteroatoms. The molecule has 0 radical (unpaired) electrons. The third kappa shape index (κ3) is 6.09. The molecule has 0 atom stereocenters. The zero-order valence-electron chi connectivity index (χ0n) is 20.1. The van der Waals surface area contributed by atoms with Crippen molar-refractivity contribution in [1.29, 1.82) is 0 Å². The maximum absolute atomic E-state index is 13.3. The minimum atomic E-state index is -0.130. The highest BCUT2D eigenvalue weighted by Gasteiger charge is 2.33. The molecule has 0 spiro atoms. The number of carbonyl (C=O) groups excluding carboxylic acids is 1. The van der Waals surface area contributed by atoms with Crippen molar-refractivity contribution < 1.29 is 14.3 Å². The largest absolute Gasteiger partial charge is 0.490 e. The molecule has 3 aromatic carbocycles. The molecule has 184 valence electrons. The highest BCUT2D eigenvalue weighted by Crippen LogP contribution is 2.39. The first-order chi connectivity index (χ1) is 17.4.